The minimum Gasteiger partial charge on any atom is -0.478 e. The molecule has 1 saturated heterocycles. The molecule has 4 atom stereocenters. The number of aliphatic carboxylic acids is 1. The molecule has 4 unspecified atom stereocenters. The highest BCUT2D eigenvalue weighted by Gasteiger charge is 2.36. The van der Waals surface area contributed by atoms with Crippen molar-refractivity contribution in [3.05, 3.63) is 112 Å². The maximum absolute atomic E-state index is 12.9. The molecule has 5 aromatic rings. The number of esters is 3. The third-order valence-electron chi connectivity index (χ3n) is 13.3. The van der Waals surface area contributed by atoms with Crippen LogP contribution < -0.4 is 10.6 Å². The first kappa shape index (κ1) is 61.0. The van der Waals surface area contributed by atoms with Crippen molar-refractivity contribution in [3.63, 3.8) is 0 Å². The lowest BCUT2D eigenvalue weighted by atomic mass is 9.99. The number of aliphatic hydroxyl groups is 1. The van der Waals surface area contributed by atoms with E-state index in [4.69, 9.17) is 28.4 Å². The van der Waals surface area contributed by atoms with E-state index in [9.17, 15) is 39.0 Å². The molecule has 4 heterocycles. The first-order valence-corrected chi connectivity index (χ1v) is 27.7. The highest BCUT2D eigenvalue weighted by atomic mass is 16.6. The molecular formula is C59H78N8O14. The molecular weight excluding hydrogens is 1040 g/mol. The van der Waals surface area contributed by atoms with Gasteiger partial charge in [0.05, 0.1) is 37.6 Å². The number of carboxylic acids is 1. The number of fused-ring (bicyclic) bond motifs is 4. The Kier molecular flexibility index (Phi) is 20.2. The summed E-state index contributed by atoms with van der Waals surface area (Å²) in [5, 5.41) is 36.7. The normalized spacial score (nSPS) is 16.5. The molecule has 2 aromatic carbocycles. The molecule has 81 heavy (non-hydrogen) atoms. The minimum atomic E-state index is -1.29. The molecule has 4 aliphatic carbocycles. The predicted molar refractivity (Wildman–Crippen MR) is 296 cm³/mol. The zero-order valence-corrected chi connectivity index (χ0v) is 48.0. The Balaban J connectivity index is 0.000000168. The summed E-state index contributed by atoms with van der Waals surface area (Å²) in [5.41, 5.74) is 10.1. The number of aryl methyl sites for hydroxylation is 4. The summed E-state index contributed by atoms with van der Waals surface area (Å²) >= 11 is 0. The summed E-state index contributed by atoms with van der Waals surface area (Å²) in [4.78, 5) is 71.6. The standard InChI is InChI=1S/C23H29N3O4.C19H21N3O4.C10H16N2O3.C7H12O3/c1-23(2,3)30-21(27)19(14-26-12-6-11-24-26)29-22(28)25-20-17-9-4-7-15(17)13-16-8-5-10-18(16)20;23-18(24)16(11-22-9-3-8-20-22)26-19(25)21-17-14-6-1-4-12(14)10-13-5-2-7-15(13)17;1-10(2,3)15-9(14)8(13)7-12-6-4-5-11-12;1-7(2,3)10-6(8)5-4-9-5/h6,11-13,19H,4-5,7-10,14H2,1-3H3,(H,25,28);3,8-10,16H,1-2,4-7,11H2,(H,21,25)(H,23,24);4-6,8,13H,7H2,1-3H3;5H,4H2,1-3H3. The molecule has 2 amide bonds. The number of carbonyl (C=O) groups excluding carboxylic acids is 5. The molecule has 438 valence electrons. The number of hydrogen-bond donors (Lipinski definition) is 4. The molecule has 1 aliphatic heterocycles. The van der Waals surface area contributed by atoms with Gasteiger partial charge in [0.15, 0.2) is 12.2 Å². The van der Waals surface area contributed by atoms with E-state index in [2.05, 4.69) is 38.1 Å². The van der Waals surface area contributed by atoms with Crippen LogP contribution in [0.25, 0.3) is 0 Å². The van der Waals surface area contributed by atoms with Crippen molar-refractivity contribution in [3.8, 4) is 0 Å². The Morgan fingerprint density at radius 2 is 0.914 bits per heavy atom. The molecule has 10 rings (SSSR count). The monoisotopic (exact) mass is 1120 g/mol. The smallest absolute Gasteiger partial charge is 0.412 e. The fourth-order valence-corrected chi connectivity index (χ4v) is 9.89. The van der Waals surface area contributed by atoms with Crippen LogP contribution >= 0.6 is 0 Å². The number of carboxylic acid groups (broad SMARTS) is 1. The van der Waals surface area contributed by atoms with Gasteiger partial charge in [0.25, 0.3) is 0 Å². The second-order valence-electron chi connectivity index (χ2n) is 23.5. The number of nitrogens with zero attached hydrogens (tertiary/aromatic N) is 6. The lowest BCUT2D eigenvalue weighted by molar-refractivity contribution is -0.166. The highest BCUT2D eigenvalue weighted by molar-refractivity contribution is 5.91. The number of aromatic nitrogens is 6. The largest absolute Gasteiger partial charge is 0.478 e. The van der Waals surface area contributed by atoms with Gasteiger partial charge in [-0.15, -0.1) is 0 Å². The number of rotatable bonds is 14. The van der Waals surface area contributed by atoms with E-state index in [1.165, 1.54) is 53.9 Å². The van der Waals surface area contributed by atoms with Crippen molar-refractivity contribution in [2.75, 3.05) is 17.2 Å². The maximum Gasteiger partial charge on any atom is 0.412 e. The van der Waals surface area contributed by atoms with Gasteiger partial charge in [-0.1, -0.05) is 12.1 Å². The highest BCUT2D eigenvalue weighted by Crippen LogP contribution is 2.40. The van der Waals surface area contributed by atoms with Crippen molar-refractivity contribution in [1.29, 1.82) is 0 Å². The number of ether oxygens (including phenoxy) is 6. The van der Waals surface area contributed by atoms with Crippen LogP contribution in [-0.2, 0) is 119 Å². The van der Waals surface area contributed by atoms with Crippen molar-refractivity contribution in [2.24, 2.45) is 0 Å². The number of benzene rings is 2. The van der Waals surface area contributed by atoms with Crippen LogP contribution in [0.4, 0.5) is 21.0 Å². The Hall–Kier alpha value is -7.59. The number of aliphatic hydroxyl groups excluding tert-OH is 1. The number of amides is 2. The van der Waals surface area contributed by atoms with Crippen molar-refractivity contribution >= 4 is 47.4 Å². The fraction of sp³-hybridized carbons (Fsp3) is 0.542. The third-order valence-corrected chi connectivity index (χ3v) is 13.3. The molecule has 0 bridgehead atoms. The number of epoxide rings is 1. The van der Waals surface area contributed by atoms with Crippen LogP contribution in [0.1, 0.15) is 133 Å². The second-order valence-corrected chi connectivity index (χ2v) is 23.5. The van der Waals surface area contributed by atoms with Gasteiger partial charge in [0.1, 0.15) is 16.8 Å². The van der Waals surface area contributed by atoms with Crippen molar-refractivity contribution < 1.29 is 67.4 Å². The molecule has 0 saturated carbocycles. The number of hydrogen-bond acceptors (Lipinski definition) is 16. The average molecular weight is 1120 g/mol. The molecule has 5 aliphatic rings. The second kappa shape index (κ2) is 26.8. The molecule has 1 fully saturated rings. The van der Waals surface area contributed by atoms with Gasteiger partial charge in [0, 0.05) is 37.2 Å². The van der Waals surface area contributed by atoms with Crippen LogP contribution in [0.2, 0.25) is 0 Å². The Bertz CT molecular complexity index is 2900. The van der Waals surface area contributed by atoms with E-state index in [0.717, 1.165) is 88.4 Å². The summed E-state index contributed by atoms with van der Waals surface area (Å²) in [6, 6.07) is 9.75. The van der Waals surface area contributed by atoms with Gasteiger partial charge in [0.2, 0.25) is 12.2 Å². The van der Waals surface area contributed by atoms with E-state index in [-0.39, 0.29) is 37.3 Å². The number of carbonyl (C=O) groups is 6. The van der Waals surface area contributed by atoms with Crippen LogP contribution in [0.15, 0.2) is 67.5 Å². The molecule has 0 spiro atoms. The zero-order valence-electron chi connectivity index (χ0n) is 48.0. The van der Waals surface area contributed by atoms with E-state index in [1.54, 1.807) is 102 Å². The molecule has 0 radical (unpaired) electrons. The molecule has 22 nitrogen and oxygen atoms in total. The summed E-state index contributed by atoms with van der Waals surface area (Å²) in [5.74, 6) is -2.65. The van der Waals surface area contributed by atoms with Crippen LogP contribution in [0.3, 0.4) is 0 Å². The van der Waals surface area contributed by atoms with E-state index < -0.39 is 59.6 Å². The molecule has 22 heteroatoms. The molecule has 4 N–H and O–H groups in total. The van der Waals surface area contributed by atoms with E-state index >= 15 is 0 Å². The fourth-order valence-electron chi connectivity index (χ4n) is 9.89. The minimum absolute atomic E-state index is 0.0270. The summed E-state index contributed by atoms with van der Waals surface area (Å²) in [6.45, 7) is 16.8. The number of anilines is 2. The Morgan fingerprint density at radius 1 is 0.556 bits per heavy atom. The summed E-state index contributed by atoms with van der Waals surface area (Å²) in [7, 11) is 0. The van der Waals surface area contributed by atoms with Crippen LogP contribution in [0.5, 0.6) is 0 Å². The van der Waals surface area contributed by atoms with E-state index in [0.29, 0.717) is 6.61 Å². The third kappa shape index (κ3) is 18.5. The lowest BCUT2D eigenvalue weighted by Crippen LogP contribution is -2.38. The van der Waals surface area contributed by atoms with Crippen LogP contribution in [-0.4, -0.2) is 123 Å². The van der Waals surface area contributed by atoms with Gasteiger partial charge in [-0.2, -0.15) is 15.3 Å². The first-order valence-electron chi connectivity index (χ1n) is 27.7. The van der Waals surface area contributed by atoms with Gasteiger partial charge in [-0.3, -0.25) is 24.7 Å². The van der Waals surface area contributed by atoms with Gasteiger partial charge < -0.3 is 38.6 Å². The van der Waals surface area contributed by atoms with Gasteiger partial charge in [-0.05, 0) is 202 Å². The topological polar surface area (TPSA) is 279 Å². The lowest BCUT2D eigenvalue weighted by Gasteiger charge is -2.24. The summed E-state index contributed by atoms with van der Waals surface area (Å²) < 4.78 is 35.5. The van der Waals surface area contributed by atoms with Crippen molar-refractivity contribution in [2.45, 2.75) is 200 Å². The predicted octanol–water partition coefficient (Wildman–Crippen LogP) is 7.69. The van der Waals surface area contributed by atoms with Gasteiger partial charge in [-0.25, -0.2) is 28.8 Å². The van der Waals surface area contributed by atoms with E-state index in [1.807, 2.05) is 20.8 Å². The summed E-state index contributed by atoms with van der Waals surface area (Å²) in [6.07, 6.45) is 16.9. The zero-order chi connectivity index (χ0) is 58.6. The molecule has 3 aromatic heterocycles. The quantitative estimate of drug-likeness (QED) is 0.0471. The maximum atomic E-state index is 12.9. The Labute approximate surface area is 472 Å². The average Bonchev–Trinajstić information content (AvgIpc) is 4.39. The van der Waals surface area contributed by atoms with Crippen LogP contribution in [0, 0.1) is 0 Å². The number of nitrogens with one attached hydrogen (secondary N) is 2. The first-order chi connectivity index (χ1) is 38.3. The van der Waals surface area contributed by atoms with Crippen molar-refractivity contribution in [1.82, 2.24) is 29.3 Å². The SMILES string of the molecule is CC(C)(C)OC(=O)C(Cn1cccn1)OC(=O)Nc1c2c(cc3c1CCC3)CCC2.CC(C)(C)OC(=O)C(O)Cn1cccn1.CC(C)(C)OC(=O)C1CO1.O=C(Nc1c2c(cc3c1CCC3)CCC2)OC(Cn1cccn1)C(=O)O. The van der Waals surface area contributed by atoms with Gasteiger partial charge >= 0.3 is 36.1 Å². The Morgan fingerprint density at radius 3 is 1.26 bits per heavy atom.